The van der Waals surface area contributed by atoms with Gasteiger partial charge in [-0.2, -0.15) is 0 Å². The van der Waals surface area contributed by atoms with Gasteiger partial charge in [-0.05, 0) is 41.8 Å². The fraction of sp³-hybridized carbons (Fsp3) is 0.200. The maximum absolute atomic E-state index is 6.25. The van der Waals surface area contributed by atoms with Gasteiger partial charge in [-0.25, -0.2) is 0 Å². The Hall–Kier alpha value is -1.67. The summed E-state index contributed by atoms with van der Waals surface area (Å²) in [6, 6.07) is 14.2. The number of rotatable bonds is 1. The van der Waals surface area contributed by atoms with E-state index in [0.29, 0.717) is 0 Å². The second kappa shape index (κ2) is 4.54. The lowest BCUT2D eigenvalue weighted by Crippen LogP contribution is -2.30. The number of hydrogen-bond donors (Lipinski definition) is 1. The fourth-order valence-corrected chi connectivity index (χ4v) is 2.75. The van der Waals surface area contributed by atoms with Crippen molar-refractivity contribution in [2.24, 2.45) is 0 Å². The molecule has 0 saturated heterocycles. The van der Waals surface area contributed by atoms with Crippen molar-refractivity contribution in [2.45, 2.75) is 13.0 Å². The van der Waals surface area contributed by atoms with E-state index >= 15 is 0 Å². The smallest absolute Gasteiger partial charge is 0.0639 e. The summed E-state index contributed by atoms with van der Waals surface area (Å²) in [6.07, 6.45) is 1.04. The molecular weight excluding hydrogens is 244 g/mol. The molecule has 1 aliphatic heterocycles. The first-order valence-electron chi connectivity index (χ1n) is 6.11. The van der Waals surface area contributed by atoms with Gasteiger partial charge in [0.2, 0.25) is 0 Å². The largest absolute Gasteiger partial charge is 0.399 e. The number of hydrogen-bond acceptors (Lipinski definition) is 2. The highest BCUT2D eigenvalue weighted by Gasteiger charge is 2.18. The topological polar surface area (TPSA) is 29.3 Å². The maximum Gasteiger partial charge on any atom is 0.0639 e. The molecule has 92 valence electrons. The number of nitrogen functional groups attached to an aromatic ring is 1. The van der Waals surface area contributed by atoms with Gasteiger partial charge in [0, 0.05) is 18.8 Å². The first-order valence-corrected chi connectivity index (χ1v) is 6.48. The zero-order valence-corrected chi connectivity index (χ0v) is 10.8. The third-order valence-electron chi connectivity index (χ3n) is 3.44. The Morgan fingerprint density at radius 2 is 1.89 bits per heavy atom. The molecule has 0 radical (unpaired) electrons. The number of nitrogens with two attached hydrogens (primary N) is 1. The molecule has 1 heterocycles. The minimum Gasteiger partial charge on any atom is -0.399 e. The number of benzene rings is 2. The zero-order chi connectivity index (χ0) is 12.5. The minimum atomic E-state index is 0.810. The van der Waals surface area contributed by atoms with E-state index < -0.39 is 0 Å². The first kappa shape index (κ1) is 11.4. The highest BCUT2D eigenvalue weighted by Crippen LogP contribution is 2.30. The number of halogens is 1. The molecule has 3 heteroatoms. The minimum absolute atomic E-state index is 0.810. The lowest BCUT2D eigenvalue weighted by atomic mass is 9.98. The average Bonchev–Trinajstić information content (AvgIpc) is 2.38. The van der Waals surface area contributed by atoms with E-state index in [1.54, 1.807) is 0 Å². The van der Waals surface area contributed by atoms with Gasteiger partial charge in [0.05, 0.1) is 10.7 Å². The first-order chi connectivity index (χ1) is 8.74. The number of anilines is 2. The molecule has 2 N–H and O–H groups in total. The summed E-state index contributed by atoms with van der Waals surface area (Å²) in [7, 11) is 0. The van der Waals surface area contributed by atoms with Crippen molar-refractivity contribution in [3.63, 3.8) is 0 Å². The van der Waals surface area contributed by atoms with Crippen LogP contribution in [0, 0.1) is 0 Å². The molecule has 0 saturated carbocycles. The predicted octanol–water partition coefficient (Wildman–Crippen LogP) is 3.48. The SMILES string of the molecule is Nc1ccc2c(c1)CN(c1ccccc1Cl)CC2. The highest BCUT2D eigenvalue weighted by molar-refractivity contribution is 6.33. The Morgan fingerprint density at radius 1 is 1.06 bits per heavy atom. The molecule has 3 rings (SSSR count). The molecule has 2 aromatic carbocycles. The monoisotopic (exact) mass is 258 g/mol. The summed E-state index contributed by atoms with van der Waals surface area (Å²) in [5.41, 5.74) is 10.5. The summed E-state index contributed by atoms with van der Waals surface area (Å²) in [4.78, 5) is 2.31. The Morgan fingerprint density at radius 3 is 2.72 bits per heavy atom. The van der Waals surface area contributed by atoms with Crippen LogP contribution in [0.25, 0.3) is 0 Å². The molecule has 2 nitrogen and oxygen atoms in total. The lowest BCUT2D eigenvalue weighted by Gasteiger charge is -2.31. The number of fused-ring (bicyclic) bond motifs is 1. The van der Waals surface area contributed by atoms with Gasteiger partial charge < -0.3 is 10.6 Å². The third-order valence-corrected chi connectivity index (χ3v) is 3.76. The van der Waals surface area contributed by atoms with E-state index in [9.17, 15) is 0 Å². The standard InChI is InChI=1S/C15H15ClN2/c16-14-3-1-2-4-15(14)18-8-7-11-5-6-13(17)9-12(11)10-18/h1-6,9H,7-8,10,17H2. The molecule has 18 heavy (non-hydrogen) atoms. The van der Waals surface area contributed by atoms with Crippen LogP contribution in [0.4, 0.5) is 11.4 Å². The highest BCUT2D eigenvalue weighted by atomic mass is 35.5. The molecule has 0 aliphatic carbocycles. The fourth-order valence-electron chi connectivity index (χ4n) is 2.49. The summed E-state index contributed by atoms with van der Waals surface area (Å²) in [6.45, 7) is 1.88. The lowest BCUT2D eigenvalue weighted by molar-refractivity contribution is 0.732. The zero-order valence-electron chi connectivity index (χ0n) is 10.1. The molecule has 0 unspecified atom stereocenters. The normalized spacial score (nSPS) is 14.4. The van der Waals surface area contributed by atoms with Crippen LogP contribution in [-0.4, -0.2) is 6.54 Å². The Kier molecular flexibility index (Phi) is 2.88. The van der Waals surface area contributed by atoms with Gasteiger partial charge in [0.15, 0.2) is 0 Å². The van der Waals surface area contributed by atoms with Crippen LogP contribution in [0.3, 0.4) is 0 Å². The summed E-state index contributed by atoms with van der Waals surface area (Å²) >= 11 is 6.25. The average molecular weight is 259 g/mol. The van der Waals surface area contributed by atoms with E-state index in [1.807, 2.05) is 24.3 Å². The van der Waals surface area contributed by atoms with Crippen LogP contribution in [0.1, 0.15) is 11.1 Å². The molecule has 0 amide bonds. The van der Waals surface area contributed by atoms with Crippen LogP contribution in [-0.2, 0) is 13.0 Å². The molecular formula is C15H15ClN2. The summed E-state index contributed by atoms with van der Waals surface area (Å²) in [5.74, 6) is 0. The molecule has 0 aromatic heterocycles. The third kappa shape index (κ3) is 2.04. The quantitative estimate of drug-likeness (QED) is 0.794. The van der Waals surface area contributed by atoms with E-state index in [0.717, 1.165) is 35.9 Å². The predicted molar refractivity (Wildman–Crippen MR) is 77.1 cm³/mol. The van der Waals surface area contributed by atoms with Crippen molar-refractivity contribution in [3.05, 3.63) is 58.6 Å². The van der Waals surface area contributed by atoms with Crippen molar-refractivity contribution in [1.82, 2.24) is 0 Å². The van der Waals surface area contributed by atoms with Crippen molar-refractivity contribution in [1.29, 1.82) is 0 Å². The van der Waals surface area contributed by atoms with Gasteiger partial charge in [-0.15, -0.1) is 0 Å². The van der Waals surface area contributed by atoms with Crippen molar-refractivity contribution in [3.8, 4) is 0 Å². The maximum atomic E-state index is 6.25. The molecule has 2 aromatic rings. The van der Waals surface area contributed by atoms with Crippen LogP contribution >= 0.6 is 11.6 Å². The van der Waals surface area contributed by atoms with E-state index in [-0.39, 0.29) is 0 Å². The second-order valence-electron chi connectivity index (χ2n) is 4.65. The van der Waals surface area contributed by atoms with E-state index in [1.165, 1.54) is 11.1 Å². The van der Waals surface area contributed by atoms with Crippen LogP contribution in [0.2, 0.25) is 5.02 Å². The van der Waals surface area contributed by atoms with Crippen LogP contribution in [0.15, 0.2) is 42.5 Å². The van der Waals surface area contributed by atoms with Crippen molar-refractivity contribution < 1.29 is 0 Å². The number of para-hydroxylation sites is 1. The Bertz CT molecular complexity index is 580. The second-order valence-corrected chi connectivity index (χ2v) is 5.06. The van der Waals surface area contributed by atoms with Gasteiger partial charge in [0.1, 0.15) is 0 Å². The van der Waals surface area contributed by atoms with E-state index in [4.69, 9.17) is 17.3 Å². The van der Waals surface area contributed by atoms with Crippen molar-refractivity contribution in [2.75, 3.05) is 17.2 Å². The van der Waals surface area contributed by atoms with Gasteiger partial charge in [0.25, 0.3) is 0 Å². The van der Waals surface area contributed by atoms with Gasteiger partial charge >= 0.3 is 0 Å². The Labute approximate surface area is 112 Å². The Balaban J connectivity index is 1.93. The molecule has 0 bridgehead atoms. The van der Waals surface area contributed by atoms with Crippen LogP contribution < -0.4 is 10.6 Å². The summed E-state index contributed by atoms with van der Waals surface area (Å²) in [5, 5.41) is 0.810. The van der Waals surface area contributed by atoms with E-state index in [2.05, 4.69) is 23.1 Å². The van der Waals surface area contributed by atoms with Crippen LogP contribution in [0.5, 0.6) is 0 Å². The summed E-state index contributed by atoms with van der Waals surface area (Å²) < 4.78 is 0. The molecule has 0 atom stereocenters. The number of nitrogens with zero attached hydrogens (tertiary/aromatic N) is 1. The molecule has 0 spiro atoms. The van der Waals surface area contributed by atoms with Crippen molar-refractivity contribution >= 4 is 23.0 Å². The molecule has 0 fully saturated rings. The van der Waals surface area contributed by atoms with Gasteiger partial charge in [-0.3, -0.25) is 0 Å². The molecule has 1 aliphatic rings. The van der Waals surface area contributed by atoms with Gasteiger partial charge in [-0.1, -0.05) is 29.8 Å².